The van der Waals surface area contributed by atoms with Crippen LogP contribution in [0.3, 0.4) is 0 Å². The lowest BCUT2D eigenvalue weighted by Gasteiger charge is -2.36. The van der Waals surface area contributed by atoms with Gasteiger partial charge in [-0.1, -0.05) is 78.8 Å². The van der Waals surface area contributed by atoms with Crippen LogP contribution in [0.15, 0.2) is 101 Å². The van der Waals surface area contributed by atoms with Crippen LogP contribution < -0.4 is 16.4 Å². The van der Waals surface area contributed by atoms with E-state index in [0.29, 0.717) is 49.2 Å². The zero-order chi connectivity index (χ0) is 34.0. The van der Waals surface area contributed by atoms with Crippen LogP contribution in [0.1, 0.15) is 67.6 Å². The average molecular weight is 697 g/mol. The lowest BCUT2D eigenvalue weighted by atomic mass is 10.0. The van der Waals surface area contributed by atoms with Gasteiger partial charge < -0.3 is 30.9 Å². The van der Waals surface area contributed by atoms with E-state index in [9.17, 15) is 14.7 Å². The van der Waals surface area contributed by atoms with E-state index in [2.05, 4.69) is 16.7 Å². The fraction of sp³-hybridized carbons (Fsp3) is 0.289. The van der Waals surface area contributed by atoms with Gasteiger partial charge in [0, 0.05) is 36.3 Å². The highest BCUT2D eigenvalue weighted by Crippen LogP contribution is 2.40. The quantitative estimate of drug-likeness (QED) is 0.0518. The van der Waals surface area contributed by atoms with Gasteiger partial charge in [-0.05, 0) is 60.4 Å². The fourth-order valence-electron chi connectivity index (χ4n) is 5.62. The largest absolute Gasteiger partial charge is 0.397 e. The van der Waals surface area contributed by atoms with Gasteiger partial charge in [0.05, 0.1) is 40.4 Å². The van der Waals surface area contributed by atoms with E-state index < -0.39 is 6.29 Å². The highest BCUT2D eigenvalue weighted by Gasteiger charge is 2.32. The van der Waals surface area contributed by atoms with Crippen LogP contribution in [0.4, 0.5) is 17.1 Å². The Balaban J connectivity index is 1.00. The number of nitrogens with zero attached hydrogens (tertiary/aromatic N) is 1. The smallest absolute Gasteiger partial charge is 0.224 e. The number of nitrogens with two attached hydrogens (primary N) is 1. The molecule has 49 heavy (non-hydrogen) atoms. The molecule has 5 N–H and O–H groups in total. The Morgan fingerprint density at radius 3 is 2.27 bits per heavy atom. The van der Waals surface area contributed by atoms with Gasteiger partial charge in [-0.15, -0.1) is 11.3 Å². The van der Waals surface area contributed by atoms with E-state index in [-0.39, 0.29) is 30.6 Å². The second-order valence-corrected chi connectivity index (χ2v) is 14.3. The highest BCUT2D eigenvalue weighted by molar-refractivity contribution is 8.01. The van der Waals surface area contributed by atoms with Crippen LogP contribution in [0.25, 0.3) is 10.2 Å². The summed E-state index contributed by atoms with van der Waals surface area (Å²) < 4.78 is 15.2. The number of hydrogen-bond acceptors (Lipinski definition) is 9. The number of para-hydroxylation sites is 3. The number of aliphatic hydroxyl groups excluding tert-OH is 1. The molecule has 6 rings (SSSR count). The van der Waals surface area contributed by atoms with Crippen molar-refractivity contribution in [3.05, 3.63) is 114 Å². The number of carbonyl (C=O) groups excluding carboxylic acids is 2. The molecule has 0 saturated carbocycles. The number of nitrogens with one attached hydrogen (secondary N) is 2. The van der Waals surface area contributed by atoms with Crippen molar-refractivity contribution >= 4 is 62.2 Å². The third-order valence-electron chi connectivity index (χ3n) is 8.29. The van der Waals surface area contributed by atoms with E-state index in [1.54, 1.807) is 35.2 Å². The molecular formula is C38H40N4O5S2. The molecule has 11 heteroatoms. The number of thiazole rings is 1. The number of benzene rings is 4. The first-order valence-corrected chi connectivity index (χ1v) is 18.3. The minimum Gasteiger partial charge on any atom is -0.397 e. The first-order valence-electron chi connectivity index (χ1n) is 16.5. The predicted molar refractivity (Wildman–Crippen MR) is 196 cm³/mol. The molecule has 3 atom stereocenters. The van der Waals surface area contributed by atoms with Gasteiger partial charge in [-0.25, -0.2) is 4.98 Å². The molecule has 0 bridgehead atoms. The van der Waals surface area contributed by atoms with Crippen LogP contribution in [0.5, 0.6) is 0 Å². The number of ether oxygens (including phenoxy) is 2. The van der Waals surface area contributed by atoms with Crippen molar-refractivity contribution in [2.24, 2.45) is 0 Å². The summed E-state index contributed by atoms with van der Waals surface area (Å²) >= 11 is 3.38. The summed E-state index contributed by atoms with van der Waals surface area (Å²) in [5.74, 6) is 0.570. The SMILES string of the molecule is Nc1ccccc1NC(=O)CCCCCC(=O)Nc1ccc([C@@H]2O[C@H](CSc3nc4ccccc4s3)C[C@H](c3ccc(CO)cc3)O2)cc1. The lowest BCUT2D eigenvalue weighted by Crippen LogP contribution is -2.31. The van der Waals surface area contributed by atoms with E-state index >= 15 is 0 Å². The number of rotatable bonds is 14. The standard InChI is InChI=1S/C38H40N4O5S2/c39-30-8-4-5-9-31(30)41-36(45)13-3-1-2-12-35(44)40-28-20-18-27(19-21-28)37-46-29(22-33(47-37)26-16-14-25(23-43)15-17-26)24-48-38-42-32-10-6-7-11-34(32)49-38/h4-11,14-21,29,33,37,43H,1-3,12-13,22-24,39H2,(H,40,44)(H,41,45)/t29-,33+,37+/m0/s1. The van der Waals surface area contributed by atoms with Gasteiger partial charge >= 0.3 is 0 Å². The summed E-state index contributed by atoms with van der Waals surface area (Å²) in [6.07, 6.45) is 2.72. The van der Waals surface area contributed by atoms with Gasteiger partial charge in [-0.3, -0.25) is 9.59 Å². The van der Waals surface area contributed by atoms with Crippen molar-refractivity contribution in [2.45, 2.75) is 68.0 Å². The van der Waals surface area contributed by atoms with Crippen molar-refractivity contribution < 1.29 is 24.2 Å². The molecule has 9 nitrogen and oxygen atoms in total. The van der Waals surface area contributed by atoms with Gasteiger partial charge in [0.2, 0.25) is 11.8 Å². The average Bonchev–Trinajstić information content (AvgIpc) is 3.55. The van der Waals surface area contributed by atoms with Crippen LogP contribution in [0.2, 0.25) is 0 Å². The Morgan fingerprint density at radius 1 is 0.837 bits per heavy atom. The third kappa shape index (κ3) is 9.68. The molecule has 0 radical (unpaired) electrons. The van der Waals surface area contributed by atoms with Crippen LogP contribution in [-0.2, 0) is 25.7 Å². The van der Waals surface area contributed by atoms with Crippen molar-refractivity contribution in [1.82, 2.24) is 4.98 Å². The third-order valence-corrected chi connectivity index (χ3v) is 10.6. The fourth-order valence-corrected chi connectivity index (χ4v) is 7.73. The number of unbranched alkanes of at least 4 members (excludes halogenated alkanes) is 2. The normalized spacial score (nSPS) is 17.5. The maximum Gasteiger partial charge on any atom is 0.224 e. The summed E-state index contributed by atoms with van der Waals surface area (Å²) in [6, 6.07) is 30.8. The molecule has 5 aromatic rings. The molecule has 0 unspecified atom stereocenters. The van der Waals surface area contributed by atoms with E-state index in [4.69, 9.17) is 20.2 Å². The van der Waals surface area contributed by atoms with Crippen molar-refractivity contribution in [1.29, 1.82) is 0 Å². The summed E-state index contributed by atoms with van der Waals surface area (Å²) in [4.78, 5) is 29.6. The first-order chi connectivity index (χ1) is 23.9. The Labute approximate surface area is 294 Å². The van der Waals surface area contributed by atoms with Gasteiger partial charge in [-0.2, -0.15) is 0 Å². The number of aromatic nitrogens is 1. The monoisotopic (exact) mass is 696 g/mol. The minimum atomic E-state index is -0.586. The van der Waals surface area contributed by atoms with Crippen LogP contribution in [0, 0.1) is 0 Å². The number of fused-ring (bicyclic) bond motifs is 1. The minimum absolute atomic E-state index is 0.00790. The molecule has 1 saturated heterocycles. The Morgan fingerprint density at radius 2 is 1.53 bits per heavy atom. The molecule has 2 heterocycles. The summed E-state index contributed by atoms with van der Waals surface area (Å²) in [7, 11) is 0. The Bertz CT molecular complexity index is 1810. The summed E-state index contributed by atoms with van der Waals surface area (Å²) in [5.41, 5.74) is 11.5. The van der Waals surface area contributed by atoms with Crippen molar-refractivity contribution in [2.75, 3.05) is 22.1 Å². The molecular weight excluding hydrogens is 657 g/mol. The molecule has 0 aliphatic carbocycles. The summed E-state index contributed by atoms with van der Waals surface area (Å²) in [6.45, 7) is -0.00790. The Kier molecular flexibility index (Phi) is 11.9. The van der Waals surface area contributed by atoms with Gasteiger partial charge in [0.25, 0.3) is 0 Å². The number of amides is 2. The van der Waals surface area contributed by atoms with Crippen LogP contribution in [-0.4, -0.2) is 33.8 Å². The van der Waals surface area contributed by atoms with E-state index in [1.165, 1.54) is 4.70 Å². The topological polar surface area (TPSA) is 136 Å². The number of nitrogen functional groups attached to an aromatic ring is 1. The van der Waals surface area contributed by atoms with Crippen LogP contribution >= 0.6 is 23.1 Å². The lowest BCUT2D eigenvalue weighted by molar-refractivity contribution is -0.245. The van der Waals surface area contributed by atoms with Gasteiger partial charge in [0.15, 0.2) is 10.6 Å². The molecule has 254 valence electrons. The van der Waals surface area contributed by atoms with E-state index in [1.807, 2.05) is 78.9 Å². The second kappa shape index (κ2) is 16.9. The number of anilines is 3. The maximum atomic E-state index is 12.6. The van der Waals surface area contributed by atoms with Crippen molar-refractivity contribution in [3.63, 3.8) is 0 Å². The maximum absolute atomic E-state index is 12.6. The molecule has 0 spiro atoms. The number of carbonyl (C=O) groups is 2. The molecule has 1 fully saturated rings. The Hall–Kier alpha value is -4.26. The molecule has 4 aromatic carbocycles. The second-order valence-electron chi connectivity index (χ2n) is 12.0. The number of thioether (sulfide) groups is 1. The first kappa shape index (κ1) is 34.6. The highest BCUT2D eigenvalue weighted by atomic mass is 32.2. The molecule has 1 aliphatic heterocycles. The number of hydrogen-bond donors (Lipinski definition) is 4. The zero-order valence-electron chi connectivity index (χ0n) is 27.0. The van der Waals surface area contributed by atoms with Crippen molar-refractivity contribution in [3.8, 4) is 0 Å². The molecule has 1 aliphatic rings. The predicted octanol–water partition coefficient (Wildman–Crippen LogP) is 8.24. The van der Waals surface area contributed by atoms with Gasteiger partial charge in [0.1, 0.15) is 0 Å². The zero-order valence-corrected chi connectivity index (χ0v) is 28.7. The molecule has 1 aromatic heterocycles. The van der Waals surface area contributed by atoms with E-state index in [0.717, 1.165) is 38.7 Å². The number of aliphatic hydroxyl groups is 1. The molecule has 2 amide bonds. The summed E-state index contributed by atoms with van der Waals surface area (Å²) in [5, 5.41) is 15.3.